The van der Waals surface area contributed by atoms with Gasteiger partial charge in [0.05, 0.1) is 5.69 Å². The van der Waals surface area contributed by atoms with Gasteiger partial charge in [0.2, 0.25) is 5.78 Å². The largest absolute Gasteiger partial charge is 0.323 e. The Morgan fingerprint density at radius 3 is 2.35 bits per heavy atom. The Bertz CT molecular complexity index is 795. The first kappa shape index (κ1) is 15.9. The highest BCUT2D eigenvalue weighted by atomic mass is 19.1. The Balaban J connectivity index is 2.05. The first-order chi connectivity index (χ1) is 11.1. The van der Waals surface area contributed by atoms with Gasteiger partial charge >= 0.3 is 6.03 Å². The normalized spacial score (nSPS) is 10.5. The van der Waals surface area contributed by atoms with E-state index in [1.54, 1.807) is 42.5 Å². The molecule has 2 rings (SSSR count). The van der Waals surface area contributed by atoms with Crippen LogP contribution in [0.1, 0.15) is 10.4 Å². The second-order valence-electron chi connectivity index (χ2n) is 4.44. The van der Waals surface area contributed by atoms with Crippen LogP contribution in [0, 0.1) is 17.1 Å². The van der Waals surface area contributed by atoms with Crippen LogP contribution in [-0.4, -0.2) is 11.8 Å². The van der Waals surface area contributed by atoms with Crippen molar-refractivity contribution in [2.45, 2.75) is 0 Å². The van der Waals surface area contributed by atoms with Crippen LogP contribution in [0.15, 0.2) is 66.4 Å². The Morgan fingerprint density at radius 1 is 1.04 bits per heavy atom. The lowest BCUT2D eigenvalue weighted by Crippen LogP contribution is -2.25. The summed E-state index contributed by atoms with van der Waals surface area (Å²) in [7, 11) is 0. The topological polar surface area (TPSA) is 82.0 Å². The second-order valence-corrected chi connectivity index (χ2v) is 4.44. The van der Waals surface area contributed by atoms with Crippen molar-refractivity contribution < 1.29 is 14.0 Å². The summed E-state index contributed by atoms with van der Waals surface area (Å²) in [6.45, 7) is 0. The molecular formula is C17H12FN3O2. The number of urea groups is 1. The number of para-hydroxylation sites is 1. The highest BCUT2D eigenvalue weighted by Gasteiger charge is 2.12. The van der Waals surface area contributed by atoms with E-state index in [0.717, 1.165) is 6.20 Å². The Kier molecular flexibility index (Phi) is 5.21. The monoisotopic (exact) mass is 309 g/mol. The summed E-state index contributed by atoms with van der Waals surface area (Å²) in [5.74, 6) is -1.10. The van der Waals surface area contributed by atoms with Gasteiger partial charge in [-0.1, -0.05) is 42.5 Å². The van der Waals surface area contributed by atoms with E-state index in [0.29, 0.717) is 5.56 Å². The van der Waals surface area contributed by atoms with Crippen molar-refractivity contribution in [1.29, 1.82) is 5.26 Å². The highest BCUT2D eigenvalue weighted by molar-refractivity contribution is 6.11. The number of rotatable bonds is 4. The number of nitriles is 1. The second kappa shape index (κ2) is 7.52. The fraction of sp³-hybridized carbons (Fsp3) is 0. The number of amides is 2. The molecule has 0 aliphatic rings. The molecule has 0 fully saturated rings. The van der Waals surface area contributed by atoms with Crippen molar-refractivity contribution >= 4 is 17.5 Å². The summed E-state index contributed by atoms with van der Waals surface area (Å²) in [5, 5.41) is 13.5. The molecule has 0 bridgehead atoms. The molecule has 0 saturated carbocycles. The Hall–Kier alpha value is -3.46. The van der Waals surface area contributed by atoms with E-state index in [1.165, 1.54) is 18.2 Å². The molecule has 0 aliphatic carbocycles. The molecule has 0 unspecified atom stereocenters. The number of allylic oxidation sites excluding steroid dienone is 1. The van der Waals surface area contributed by atoms with Crippen molar-refractivity contribution in [2.75, 3.05) is 5.32 Å². The van der Waals surface area contributed by atoms with Gasteiger partial charge in [-0.3, -0.25) is 4.79 Å². The van der Waals surface area contributed by atoms with Crippen molar-refractivity contribution in [3.8, 4) is 6.07 Å². The van der Waals surface area contributed by atoms with Crippen molar-refractivity contribution in [1.82, 2.24) is 5.32 Å². The molecule has 114 valence electrons. The van der Waals surface area contributed by atoms with Crippen LogP contribution in [-0.2, 0) is 0 Å². The molecule has 5 nitrogen and oxygen atoms in total. The van der Waals surface area contributed by atoms with Crippen LogP contribution in [0.4, 0.5) is 14.9 Å². The zero-order chi connectivity index (χ0) is 16.7. The molecule has 0 saturated heterocycles. The lowest BCUT2D eigenvalue weighted by molar-refractivity contribution is 0.103. The third-order valence-electron chi connectivity index (χ3n) is 2.87. The third-order valence-corrected chi connectivity index (χ3v) is 2.87. The smallest absolute Gasteiger partial charge is 0.313 e. The van der Waals surface area contributed by atoms with Crippen molar-refractivity contribution in [3.63, 3.8) is 0 Å². The average Bonchev–Trinajstić information content (AvgIpc) is 2.58. The van der Waals surface area contributed by atoms with E-state index >= 15 is 0 Å². The number of halogens is 1. The summed E-state index contributed by atoms with van der Waals surface area (Å²) < 4.78 is 13.4. The van der Waals surface area contributed by atoms with Gasteiger partial charge in [0.25, 0.3) is 0 Å². The van der Waals surface area contributed by atoms with Gasteiger partial charge in [-0.05, 0) is 12.1 Å². The number of anilines is 1. The zero-order valence-corrected chi connectivity index (χ0v) is 11.9. The predicted octanol–water partition coefficient (Wildman–Crippen LogP) is 3.24. The fourth-order valence-electron chi connectivity index (χ4n) is 1.75. The van der Waals surface area contributed by atoms with Crippen molar-refractivity contribution in [2.24, 2.45) is 0 Å². The van der Waals surface area contributed by atoms with E-state index in [-0.39, 0.29) is 11.3 Å². The molecule has 0 radical (unpaired) electrons. The minimum absolute atomic E-state index is 0.00806. The van der Waals surface area contributed by atoms with Gasteiger partial charge in [0, 0.05) is 11.8 Å². The molecule has 0 spiro atoms. The molecule has 2 N–H and O–H groups in total. The van der Waals surface area contributed by atoms with Gasteiger partial charge in [-0.15, -0.1) is 0 Å². The van der Waals surface area contributed by atoms with Crippen LogP contribution >= 0.6 is 0 Å². The predicted molar refractivity (Wildman–Crippen MR) is 83.0 cm³/mol. The first-order valence-corrected chi connectivity index (χ1v) is 6.64. The number of carbonyl (C=O) groups is 2. The standard InChI is InChI=1S/C17H12FN3O2/c18-14-8-4-5-9-15(14)21-17(23)20-11-13(10-19)16(22)12-6-2-1-3-7-12/h1-9,11H,(H2,20,21,23)/b13-11+. The SMILES string of the molecule is N#C/C(=C\NC(=O)Nc1ccccc1F)C(=O)c1ccccc1. The summed E-state index contributed by atoms with van der Waals surface area (Å²) in [6.07, 6.45) is 0.992. The maximum absolute atomic E-state index is 13.4. The van der Waals surface area contributed by atoms with Crippen LogP contribution in [0.3, 0.4) is 0 Å². The third kappa shape index (κ3) is 4.25. The molecule has 0 heterocycles. The van der Waals surface area contributed by atoms with Gasteiger partial charge in [-0.2, -0.15) is 5.26 Å². The summed E-state index contributed by atoms with van der Waals surface area (Å²) in [5.41, 5.74) is 0.0859. The maximum Gasteiger partial charge on any atom is 0.323 e. The average molecular weight is 309 g/mol. The molecule has 2 aromatic carbocycles. The lowest BCUT2D eigenvalue weighted by atomic mass is 10.1. The number of hydrogen-bond donors (Lipinski definition) is 2. The van der Waals surface area contributed by atoms with Crippen LogP contribution in [0.5, 0.6) is 0 Å². The molecule has 23 heavy (non-hydrogen) atoms. The molecule has 2 amide bonds. The molecule has 0 atom stereocenters. The Morgan fingerprint density at radius 2 is 1.70 bits per heavy atom. The molecular weight excluding hydrogens is 297 g/mol. The number of Topliss-reactive ketones (excluding diaryl/α,β-unsaturated/α-hetero) is 1. The van der Waals surface area contributed by atoms with Gasteiger partial charge in [-0.25, -0.2) is 9.18 Å². The number of nitrogens with one attached hydrogen (secondary N) is 2. The molecule has 6 heteroatoms. The summed E-state index contributed by atoms with van der Waals surface area (Å²) in [6, 6.07) is 14.8. The molecule has 2 aromatic rings. The summed E-state index contributed by atoms with van der Waals surface area (Å²) >= 11 is 0. The van der Waals surface area contributed by atoms with Crippen LogP contribution in [0.2, 0.25) is 0 Å². The maximum atomic E-state index is 13.4. The first-order valence-electron chi connectivity index (χ1n) is 6.64. The quantitative estimate of drug-likeness (QED) is 0.517. The van der Waals surface area contributed by atoms with Gasteiger partial charge < -0.3 is 10.6 Å². The van der Waals surface area contributed by atoms with Crippen molar-refractivity contribution in [3.05, 3.63) is 77.8 Å². The highest BCUT2D eigenvalue weighted by Crippen LogP contribution is 2.12. The van der Waals surface area contributed by atoms with Gasteiger partial charge in [0.1, 0.15) is 17.5 Å². The molecule has 0 aliphatic heterocycles. The van der Waals surface area contributed by atoms with Crippen LogP contribution in [0.25, 0.3) is 0 Å². The lowest BCUT2D eigenvalue weighted by Gasteiger charge is -2.06. The number of nitrogens with zero attached hydrogens (tertiary/aromatic N) is 1. The minimum Gasteiger partial charge on any atom is -0.313 e. The van der Waals surface area contributed by atoms with Crippen LogP contribution < -0.4 is 10.6 Å². The van der Waals surface area contributed by atoms with E-state index < -0.39 is 17.6 Å². The van der Waals surface area contributed by atoms with E-state index in [4.69, 9.17) is 5.26 Å². The number of carbonyl (C=O) groups excluding carboxylic acids is 2. The molecule has 0 aromatic heterocycles. The minimum atomic E-state index is -0.760. The van der Waals surface area contributed by atoms with E-state index in [1.807, 2.05) is 0 Å². The number of hydrogen-bond acceptors (Lipinski definition) is 3. The van der Waals surface area contributed by atoms with E-state index in [2.05, 4.69) is 10.6 Å². The fourth-order valence-corrected chi connectivity index (χ4v) is 1.75. The number of benzene rings is 2. The van der Waals surface area contributed by atoms with Gasteiger partial charge in [0.15, 0.2) is 0 Å². The summed E-state index contributed by atoms with van der Waals surface area (Å²) in [4.78, 5) is 23.8. The zero-order valence-electron chi connectivity index (χ0n) is 11.9. The van der Waals surface area contributed by atoms with E-state index in [9.17, 15) is 14.0 Å². The Labute approximate surface area is 132 Å². The number of ketones is 1.